The van der Waals surface area contributed by atoms with Gasteiger partial charge in [-0.15, -0.1) is 4.92 Å². The summed E-state index contributed by atoms with van der Waals surface area (Å²) >= 11 is 0. The van der Waals surface area contributed by atoms with Crippen LogP contribution in [0.15, 0.2) is 17.8 Å². The van der Waals surface area contributed by atoms with E-state index >= 15 is 0 Å². The molecule has 2 aliphatic heterocycles. The SMILES string of the molecule is O=[N+]([O-])[C-]=C1NCCN1CCN1CCN/C1=C\[N+](=O)[O-]. The zero-order valence-corrected chi connectivity index (χ0v) is 10.7. The summed E-state index contributed by atoms with van der Waals surface area (Å²) in [7, 11) is 0. The van der Waals surface area contributed by atoms with Gasteiger partial charge in [0.25, 0.3) is 6.20 Å². The van der Waals surface area contributed by atoms with Gasteiger partial charge >= 0.3 is 0 Å². The Hall–Kier alpha value is -2.52. The highest BCUT2D eigenvalue weighted by molar-refractivity contribution is 5.02. The molecule has 0 spiro atoms. The van der Waals surface area contributed by atoms with Crippen molar-refractivity contribution in [2.75, 3.05) is 39.3 Å². The molecule has 20 heavy (non-hydrogen) atoms. The predicted octanol–water partition coefficient (Wildman–Crippen LogP) is -1.25. The van der Waals surface area contributed by atoms with Crippen molar-refractivity contribution in [1.29, 1.82) is 0 Å². The highest BCUT2D eigenvalue weighted by Gasteiger charge is 2.21. The van der Waals surface area contributed by atoms with E-state index in [4.69, 9.17) is 0 Å². The van der Waals surface area contributed by atoms with Gasteiger partial charge in [-0.25, -0.2) is 0 Å². The van der Waals surface area contributed by atoms with Crippen molar-refractivity contribution in [2.24, 2.45) is 0 Å². The molecular formula is C10H15N6O4-. The fourth-order valence-electron chi connectivity index (χ4n) is 2.21. The third kappa shape index (κ3) is 3.49. The maximum Gasteiger partial charge on any atom is 0.274 e. The Balaban J connectivity index is 1.91. The Morgan fingerprint density at radius 3 is 2.50 bits per heavy atom. The van der Waals surface area contributed by atoms with Crippen molar-refractivity contribution < 1.29 is 9.85 Å². The van der Waals surface area contributed by atoms with E-state index in [1.165, 1.54) is 0 Å². The van der Waals surface area contributed by atoms with Gasteiger partial charge in [-0.2, -0.15) is 0 Å². The largest absolute Gasteiger partial charge is 0.395 e. The monoisotopic (exact) mass is 283 g/mol. The van der Waals surface area contributed by atoms with Gasteiger partial charge < -0.3 is 20.4 Å². The summed E-state index contributed by atoms with van der Waals surface area (Å²) in [5, 5.41) is 26.8. The van der Waals surface area contributed by atoms with Crippen LogP contribution in [0.25, 0.3) is 0 Å². The molecule has 0 atom stereocenters. The minimum atomic E-state index is -0.615. The van der Waals surface area contributed by atoms with Crippen molar-refractivity contribution in [2.45, 2.75) is 0 Å². The Kier molecular flexibility index (Phi) is 4.23. The summed E-state index contributed by atoms with van der Waals surface area (Å²) in [5.41, 5.74) is 0. The third-order valence-corrected chi connectivity index (χ3v) is 3.08. The van der Waals surface area contributed by atoms with E-state index in [1.54, 1.807) is 0 Å². The van der Waals surface area contributed by atoms with Crippen molar-refractivity contribution >= 4 is 0 Å². The third-order valence-electron chi connectivity index (χ3n) is 3.08. The number of nitrogens with one attached hydrogen (secondary N) is 2. The molecule has 110 valence electrons. The lowest BCUT2D eigenvalue weighted by Crippen LogP contribution is -2.32. The van der Waals surface area contributed by atoms with E-state index in [2.05, 4.69) is 16.8 Å². The highest BCUT2D eigenvalue weighted by atomic mass is 16.6. The topological polar surface area (TPSA) is 117 Å². The van der Waals surface area contributed by atoms with Gasteiger partial charge in [0.15, 0.2) is 5.82 Å². The van der Waals surface area contributed by atoms with Gasteiger partial charge in [-0.3, -0.25) is 20.2 Å². The number of nitrogens with zero attached hydrogens (tertiary/aromatic N) is 4. The smallest absolute Gasteiger partial charge is 0.274 e. The van der Waals surface area contributed by atoms with Crippen LogP contribution in [0.2, 0.25) is 0 Å². The Labute approximate surface area is 115 Å². The first-order valence-electron chi connectivity index (χ1n) is 6.17. The number of hydrogen-bond acceptors (Lipinski definition) is 8. The summed E-state index contributed by atoms with van der Waals surface area (Å²) in [5.74, 6) is 0.841. The molecule has 2 heterocycles. The molecule has 0 aromatic heterocycles. The van der Waals surface area contributed by atoms with Crippen LogP contribution in [-0.4, -0.2) is 58.9 Å². The molecule has 0 amide bonds. The molecule has 10 heteroatoms. The minimum Gasteiger partial charge on any atom is -0.395 e. The average Bonchev–Trinajstić information content (AvgIpc) is 2.95. The van der Waals surface area contributed by atoms with Crippen molar-refractivity contribution in [3.05, 3.63) is 44.3 Å². The van der Waals surface area contributed by atoms with Crippen molar-refractivity contribution in [3.63, 3.8) is 0 Å². The van der Waals surface area contributed by atoms with Gasteiger partial charge in [0.05, 0.1) is 4.92 Å². The molecule has 0 aliphatic carbocycles. The van der Waals surface area contributed by atoms with Gasteiger partial charge in [-0.1, -0.05) is 6.20 Å². The Morgan fingerprint density at radius 1 is 1.15 bits per heavy atom. The summed E-state index contributed by atoms with van der Waals surface area (Å²) in [6.45, 7) is 3.72. The van der Waals surface area contributed by atoms with E-state index in [1.807, 2.05) is 9.80 Å². The molecule has 0 bridgehead atoms. The summed E-state index contributed by atoms with van der Waals surface area (Å²) < 4.78 is 0. The van der Waals surface area contributed by atoms with Gasteiger partial charge in [0.2, 0.25) is 0 Å². The van der Waals surface area contributed by atoms with Crippen LogP contribution in [0.1, 0.15) is 0 Å². The molecule has 0 aromatic rings. The summed E-state index contributed by atoms with van der Waals surface area (Å²) in [6.07, 6.45) is 3.05. The van der Waals surface area contributed by atoms with Crippen LogP contribution in [0.4, 0.5) is 0 Å². The quantitative estimate of drug-likeness (QED) is 0.278. The van der Waals surface area contributed by atoms with Crippen LogP contribution in [0.3, 0.4) is 0 Å². The molecule has 2 rings (SSSR count). The molecule has 2 aliphatic rings. The van der Waals surface area contributed by atoms with E-state index in [9.17, 15) is 20.2 Å². The van der Waals surface area contributed by atoms with E-state index < -0.39 is 9.85 Å². The number of nitro groups is 2. The molecular weight excluding hydrogens is 268 g/mol. The van der Waals surface area contributed by atoms with E-state index in [0.717, 1.165) is 6.20 Å². The second-order valence-corrected chi connectivity index (χ2v) is 4.34. The molecule has 10 nitrogen and oxygen atoms in total. The fraction of sp³-hybridized carbons (Fsp3) is 0.600. The van der Waals surface area contributed by atoms with Crippen LogP contribution in [0, 0.1) is 26.4 Å². The first kappa shape index (κ1) is 13.9. The first-order valence-corrected chi connectivity index (χ1v) is 6.17. The second kappa shape index (κ2) is 6.08. The normalized spacial score (nSPS) is 22.2. The van der Waals surface area contributed by atoms with Gasteiger partial charge in [0, 0.05) is 39.3 Å². The number of hydrogen-bond donors (Lipinski definition) is 2. The second-order valence-electron chi connectivity index (χ2n) is 4.34. The van der Waals surface area contributed by atoms with Crippen LogP contribution < -0.4 is 10.6 Å². The molecule has 0 unspecified atom stereocenters. The van der Waals surface area contributed by atoms with Gasteiger partial charge in [0.1, 0.15) is 0 Å². The molecule has 0 aromatic carbocycles. The van der Waals surface area contributed by atoms with Crippen molar-refractivity contribution in [1.82, 2.24) is 20.4 Å². The van der Waals surface area contributed by atoms with E-state index in [-0.39, 0.29) is 0 Å². The Bertz CT molecular complexity index is 421. The number of rotatable bonds is 5. The first-order chi connectivity index (χ1) is 9.56. The fourth-order valence-corrected chi connectivity index (χ4v) is 2.21. The zero-order valence-electron chi connectivity index (χ0n) is 10.7. The van der Waals surface area contributed by atoms with Crippen LogP contribution in [-0.2, 0) is 0 Å². The maximum atomic E-state index is 10.5. The average molecular weight is 283 g/mol. The maximum absolute atomic E-state index is 10.5. The molecule has 0 saturated carbocycles. The lowest BCUT2D eigenvalue weighted by molar-refractivity contribution is -0.421. The van der Waals surface area contributed by atoms with Crippen molar-refractivity contribution in [3.8, 4) is 0 Å². The zero-order chi connectivity index (χ0) is 14.5. The Morgan fingerprint density at radius 2 is 1.80 bits per heavy atom. The van der Waals surface area contributed by atoms with Crippen LogP contribution in [0.5, 0.6) is 0 Å². The minimum absolute atomic E-state index is 0.363. The lowest BCUT2D eigenvalue weighted by Gasteiger charge is -2.26. The van der Waals surface area contributed by atoms with E-state index in [0.29, 0.717) is 50.9 Å². The summed E-state index contributed by atoms with van der Waals surface area (Å²) in [4.78, 5) is 23.5. The molecule has 2 N–H and O–H groups in total. The standard InChI is InChI=1S/C10H15N6O4/c17-15(18)7-9-11-1-3-13(9)5-6-14-4-2-12-10(14)8-16(19)20/h7,11-12H,1-6H2/q-1/b9-7+. The molecule has 2 fully saturated rings. The molecule has 2 saturated heterocycles. The van der Waals surface area contributed by atoms with Crippen LogP contribution >= 0.6 is 0 Å². The summed E-state index contributed by atoms with van der Waals surface area (Å²) in [6, 6.07) is 0. The van der Waals surface area contributed by atoms with Gasteiger partial charge in [-0.05, 0) is 5.82 Å². The predicted molar refractivity (Wildman–Crippen MR) is 68.0 cm³/mol. The lowest BCUT2D eigenvalue weighted by atomic mass is 10.4. The molecule has 0 radical (unpaired) electrons. The highest BCUT2D eigenvalue weighted by Crippen LogP contribution is 2.10.